The maximum atomic E-state index is 12.0. The van der Waals surface area contributed by atoms with Crippen LogP contribution in [0.2, 0.25) is 0 Å². The lowest BCUT2D eigenvalue weighted by molar-refractivity contribution is 0.579. The maximum absolute atomic E-state index is 12.0. The SMILES string of the molecule is Cc1cc(-c2ccc(NC(C)C)cc2)c(C)cc1/C=C/S(=O)(=O)NC(C)C. The fourth-order valence-electron chi connectivity index (χ4n) is 2.94. The van der Waals surface area contributed by atoms with Crippen LogP contribution in [0.4, 0.5) is 5.69 Å². The first-order chi connectivity index (χ1) is 12.6. The molecule has 0 aliphatic heterocycles. The maximum Gasteiger partial charge on any atom is 0.233 e. The fourth-order valence-corrected chi connectivity index (χ4v) is 4.00. The molecule has 0 aromatic heterocycles. The third-order valence-electron chi connectivity index (χ3n) is 4.09. The lowest BCUT2D eigenvalue weighted by Gasteiger charge is -2.13. The molecule has 0 aliphatic carbocycles. The predicted molar refractivity (Wildman–Crippen MR) is 116 cm³/mol. The van der Waals surface area contributed by atoms with E-state index in [1.54, 1.807) is 19.9 Å². The van der Waals surface area contributed by atoms with Crippen molar-refractivity contribution in [2.75, 3.05) is 5.32 Å². The quantitative estimate of drug-likeness (QED) is 0.697. The van der Waals surface area contributed by atoms with E-state index in [4.69, 9.17) is 0 Å². The summed E-state index contributed by atoms with van der Waals surface area (Å²) in [5.41, 5.74) is 6.46. The summed E-state index contributed by atoms with van der Waals surface area (Å²) < 4.78 is 26.6. The topological polar surface area (TPSA) is 58.2 Å². The normalized spacial score (nSPS) is 12.3. The van der Waals surface area contributed by atoms with Crippen LogP contribution < -0.4 is 10.0 Å². The van der Waals surface area contributed by atoms with Crippen molar-refractivity contribution in [3.63, 3.8) is 0 Å². The molecule has 0 saturated carbocycles. The zero-order valence-electron chi connectivity index (χ0n) is 17.0. The van der Waals surface area contributed by atoms with Gasteiger partial charge in [0, 0.05) is 23.2 Å². The summed E-state index contributed by atoms with van der Waals surface area (Å²) in [6.07, 6.45) is 1.66. The van der Waals surface area contributed by atoms with Crippen molar-refractivity contribution < 1.29 is 8.42 Å². The van der Waals surface area contributed by atoms with Crippen LogP contribution in [-0.2, 0) is 10.0 Å². The molecule has 2 aromatic rings. The van der Waals surface area contributed by atoms with Crippen molar-refractivity contribution in [1.29, 1.82) is 0 Å². The number of benzene rings is 2. The zero-order chi connectivity index (χ0) is 20.2. The summed E-state index contributed by atoms with van der Waals surface area (Å²) >= 11 is 0. The monoisotopic (exact) mass is 386 g/mol. The number of anilines is 1. The minimum Gasteiger partial charge on any atom is -0.383 e. The Labute approximate surface area is 163 Å². The smallest absolute Gasteiger partial charge is 0.233 e. The van der Waals surface area contributed by atoms with Crippen molar-refractivity contribution in [2.24, 2.45) is 0 Å². The van der Waals surface area contributed by atoms with Gasteiger partial charge in [0.15, 0.2) is 0 Å². The summed E-state index contributed by atoms with van der Waals surface area (Å²) in [4.78, 5) is 0. The summed E-state index contributed by atoms with van der Waals surface area (Å²) in [6.45, 7) is 11.9. The molecule has 0 radical (unpaired) electrons. The highest BCUT2D eigenvalue weighted by atomic mass is 32.2. The van der Waals surface area contributed by atoms with Gasteiger partial charge in [-0.3, -0.25) is 0 Å². The Hall–Kier alpha value is -2.11. The lowest BCUT2D eigenvalue weighted by Crippen LogP contribution is -2.28. The van der Waals surface area contributed by atoms with Crippen LogP contribution in [-0.4, -0.2) is 20.5 Å². The molecule has 146 valence electrons. The van der Waals surface area contributed by atoms with E-state index in [9.17, 15) is 8.42 Å². The van der Waals surface area contributed by atoms with E-state index >= 15 is 0 Å². The van der Waals surface area contributed by atoms with Crippen molar-refractivity contribution in [3.8, 4) is 11.1 Å². The van der Waals surface area contributed by atoms with Gasteiger partial charge < -0.3 is 5.32 Å². The van der Waals surface area contributed by atoms with Crippen LogP contribution in [0.5, 0.6) is 0 Å². The second kappa shape index (κ2) is 8.72. The standard InChI is InChI=1S/C22H30N2O2S/c1-15(2)23-21-9-7-19(8-10-21)22-14-17(5)20(13-18(22)6)11-12-27(25,26)24-16(3)4/h7-16,23-24H,1-6H3/b12-11+. The van der Waals surface area contributed by atoms with E-state index in [1.165, 1.54) is 5.41 Å². The fraction of sp³-hybridized carbons (Fsp3) is 0.364. The van der Waals surface area contributed by atoms with E-state index in [1.807, 2.05) is 19.9 Å². The largest absolute Gasteiger partial charge is 0.383 e. The third kappa shape index (κ3) is 6.22. The molecule has 0 fully saturated rings. The second-order valence-corrected chi connectivity index (χ2v) is 9.12. The molecular weight excluding hydrogens is 356 g/mol. The second-order valence-electron chi connectivity index (χ2n) is 7.52. The van der Waals surface area contributed by atoms with Gasteiger partial charge in [0.1, 0.15) is 0 Å². The van der Waals surface area contributed by atoms with Crippen LogP contribution in [0, 0.1) is 13.8 Å². The van der Waals surface area contributed by atoms with Gasteiger partial charge in [-0.15, -0.1) is 0 Å². The molecule has 0 spiro atoms. The van der Waals surface area contributed by atoms with Gasteiger partial charge in [0.2, 0.25) is 10.0 Å². The molecular formula is C22H30N2O2S. The minimum atomic E-state index is -3.42. The molecule has 2 aromatic carbocycles. The van der Waals surface area contributed by atoms with Crippen molar-refractivity contribution in [2.45, 2.75) is 53.6 Å². The van der Waals surface area contributed by atoms with Crippen LogP contribution in [0.25, 0.3) is 17.2 Å². The molecule has 0 amide bonds. The molecule has 0 heterocycles. The number of hydrogen-bond acceptors (Lipinski definition) is 3. The summed E-state index contributed by atoms with van der Waals surface area (Å²) in [6, 6.07) is 12.8. The molecule has 0 atom stereocenters. The van der Waals surface area contributed by atoms with Crippen molar-refractivity contribution >= 4 is 21.8 Å². The van der Waals surface area contributed by atoms with Crippen molar-refractivity contribution in [3.05, 3.63) is 58.5 Å². The van der Waals surface area contributed by atoms with Crippen LogP contribution in [0.3, 0.4) is 0 Å². The van der Waals surface area contributed by atoms with Gasteiger partial charge in [-0.05, 0) is 87.6 Å². The summed E-state index contributed by atoms with van der Waals surface area (Å²) in [5.74, 6) is 0. The first-order valence-corrected chi connectivity index (χ1v) is 10.8. The van der Waals surface area contributed by atoms with Crippen LogP contribution >= 0.6 is 0 Å². The summed E-state index contributed by atoms with van der Waals surface area (Å²) in [7, 11) is -3.42. The zero-order valence-corrected chi connectivity index (χ0v) is 17.8. The van der Waals surface area contributed by atoms with E-state index in [-0.39, 0.29) is 6.04 Å². The Balaban J connectivity index is 2.29. The Bertz CT molecular complexity index is 912. The first-order valence-electron chi connectivity index (χ1n) is 9.26. The molecule has 0 bridgehead atoms. The van der Waals surface area contributed by atoms with Gasteiger partial charge in [-0.25, -0.2) is 13.1 Å². The minimum absolute atomic E-state index is 0.127. The highest BCUT2D eigenvalue weighted by Crippen LogP contribution is 2.28. The number of sulfonamides is 1. The van der Waals surface area contributed by atoms with Gasteiger partial charge in [0.05, 0.1) is 0 Å². The predicted octanol–water partition coefficient (Wildman–Crippen LogP) is 5.09. The number of aryl methyl sites for hydroxylation is 2. The average Bonchev–Trinajstić information content (AvgIpc) is 2.54. The third-order valence-corrected chi connectivity index (χ3v) is 5.39. The van der Waals surface area contributed by atoms with Crippen LogP contribution in [0.15, 0.2) is 41.8 Å². The number of rotatable bonds is 7. The molecule has 0 aliphatic rings. The van der Waals surface area contributed by atoms with Gasteiger partial charge in [-0.2, -0.15) is 0 Å². The van der Waals surface area contributed by atoms with E-state index in [0.29, 0.717) is 6.04 Å². The molecule has 27 heavy (non-hydrogen) atoms. The highest BCUT2D eigenvalue weighted by Gasteiger charge is 2.09. The Morgan fingerprint density at radius 1 is 0.889 bits per heavy atom. The van der Waals surface area contributed by atoms with E-state index in [2.05, 4.69) is 54.2 Å². The molecule has 2 rings (SSSR count). The molecule has 5 heteroatoms. The number of hydrogen-bond donors (Lipinski definition) is 2. The van der Waals surface area contributed by atoms with Gasteiger partial charge in [-0.1, -0.05) is 24.3 Å². The van der Waals surface area contributed by atoms with Crippen LogP contribution in [0.1, 0.15) is 44.4 Å². The van der Waals surface area contributed by atoms with Crippen molar-refractivity contribution in [1.82, 2.24) is 4.72 Å². The Morgan fingerprint density at radius 3 is 2.07 bits per heavy atom. The molecule has 0 saturated heterocycles. The average molecular weight is 387 g/mol. The first kappa shape index (κ1) is 21.2. The molecule has 2 N–H and O–H groups in total. The molecule has 4 nitrogen and oxygen atoms in total. The van der Waals surface area contributed by atoms with E-state index in [0.717, 1.165) is 33.5 Å². The summed E-state index contributed by atoms with van der Waals surface area (Å²) in [5, 5.41) is 4.63. The Morgan fingerprint density at radius 2 is 1.52 bits per heavy atom. The van der Waals surface area contributed by atoms with E-state index < -0.39 is 10.0 Å². The Kier molecular flexibility index (Phi) is 6.84. The molecule has 0 unspecified atom stereocenters. The van der Waals surface area contributed by atoms with Gasteiger partial charge >= 0.3 is 0 Å². The highest BCUT2D eigenvalue weighted by molar-refractivity contribution is 7.92. The lowest BCUT2D eigenvalue weighted by atomic mass is 9.95. The van der Waals surface area contributed by atoms with Gasteiger partial charge in [0.25, 0.3) is 0 Å². The number of nitrogens with one attached hydrogen (secondary N) is 2.